The molecule has 0 amide bonds. The van der Waals surface area contributed by atoms with Crippen LogP contribution in [0.2, 0.25) is 0 Å². The molecule has 1 aliphatic carbocycles. The Morgan fingerprint density at radius 3 is 2.86 bits per heavy atom. The number of aromatic nitrogens is 5. The van der Waals surface area contributed by atoms with E-state index >= 15 is 0 Å². The first-order valence-electron chi connectivity index (χ1n) is 9.19. The summed E-state index contributed by atoms with van der Waals surface area (Å²) in [4.78, 5) is 12.7. The summed E-state index contributed by atoms with van der Waals surface area (Å²) in [6.07, 6.45) is 2.88. The molecule has 0 aromatic carbocycles. The number of ether oxygens (including phenoxy) is 1. The van der Waals surface area contributed by atoms with Crippen molar-refractivity contribution in [1.29, 1.82) is 5.26 Å². The Morgan fingerprint density at radius 1 is 1.31 bits per heavy atom. The summed E-state index contributed by atoms with van der Waals surface area (Å²) in [5.41, 5.74) is 8.26. The predicted octanol–water partition coefficient (Wildman–Crippen LogP) is 2.59. The Morgan fingerprint density at radius 2 is 2.17 bits per heavy atom. The van der Waals surface area contributed by atoms with Crippen LogP contribution < -0.4 is 15.8 Å². The van der Waals surface area contributed by atoms with Gasteiger partial charge in [-0.3, -0.25) is 4.98 Å². The Hall–Kier alpha value is -3.32. The molecule has 2 atom stereocenters. The van der Waals surface area contributed by atoms with Crippen molar-refractivity contribution in [3.63, 3.8) is 0 Å². The minimum Gasteiger partial charge on any atom is -0.476 e. The van der Waals surface area contributed by atoms with E-state index in [4.69, 9.17) is 10.5 Å². The van der Waals surface area contributed by atoms with Crippen molar-refractivity contribution in [3.05, 3.63) is 45.2 Å². The molecular weight excluding hydrogens is 388 g/mol. The van der Waals surface area contributed by atoms with Crippen molar-refractivity contribution in [2.24, 2.45) is 5.92 Å². The zero-order valence-corrected chi connectivity index (χ0v) is 16.9. The zero-order valence-electron chi connectivity index (χ0n) is 16.1. The summed E-state index contributed by atoms with van der Waals surface area (Å²) in [6.45, 7) is 4.74. The van der Waals surface area contributed by atoms with Gasteiger partial charge >= 0.3 is 0 Å². The molecule has 3 aromatic heterocycles. The standard InChI is InChI=1S/C19H20N8OS/c1-10-3-4-15(22-7-10)13-5-12(13)9-28-18-14(6-20)17(24-19(21)25-18)23-8-16-27-26-11(2)29-16/h3-4,7,12-13H,5,8-9H2,1-2H3,(H3,21,23,24,25)/t12-,13+/m1/s1. The Balaban J connectivity index is 1.42. The van der Waals surface area contributed by atoms with Gasteiger partial charge < -0.3 is 15.8 Å². The van der Waals surface area contributed by atoms with E-state index in [1.807, 2.05) is 20.0 Å². The molecule has 0 spiro atoms. The first-order valence-corrected chi connectivity index (χ1v) is 10.0. The van der Waals surface area contributed by atoms with Gasteiger partial charge in [-0.2, -0.15) is 15.2 Å². The fourth-order valence-corrected chi connectivity index (χ4v) is 3.69. The molecule has 10 heteroatoms. The topological polar surface area (TPSA) is 136 Å². The van der Waals surface area contributed by atoms with Crippen LogP contribution in [0.3, 0.4) is 0 Å². The van der Waals surface area contributed by atoms with Gasteiger partial charge in [-0.15, -0.1) is 10.2 Å². The lowest BCUT2D eigenvalue weighted by Crippen LogP contribution is -2.11. The van der Waals surface area contributed by atoms with Crippen LogP contribution >= 0.6 is 11.3 Å². The van der Waals surface area contributed by atoms with Crippen LogP contribution in [0.1, 0.15) is 39.2 Å². The number of rotatable bonds is 7. The van der Waals surface area contributed by atoms with Gasteiger partial charge in [0.1, 0.15) is 16.1 Å². The second-order valence-electron chi connectivity index (χ2n) is 6.96. The number of hydrogen-bond acceptors (Lipinski definition) is 10. The van der Waals surface area contributed by atoms with Crippen molar-refractivity contribution in [2.75, 3.05) is 17.7 Å². The van der Waals surface area contributed by atoms with Gasteiger partial charge in [-0.1, -0.05) is 17.4 Å². The highest BCUT2D eigenvalue weighted by Gasteiger charge is 2.40. The van der Waals surface area contributed by atoms with Crippen LogP contribution in [0, 0.1) is 31.1 Å². The largest absolute Gasteiger partial charge is 0.476 e. The first-order chi connectivity index (χ1) is 14.0. The molecule has 9 nitrogen and oxygen atoms in total. The highest BCUT2D eigenvalue weighted by molar-refractivity contribution is 7.11. The average molecular weight is 408 g/mol. The number of nitrogens with two attached hydrogens (primary N) is 1. The fourth-order valence-electron chi connectivity index (χ4n) is 3.04. The van der Waals surface area contributed by atoms with Crippen molar-refractivity contribution >= 4 is 23.1 Å². The van der Waals surface area contributed by atoms with Crippen molar-refractivity contribution in [3.8, 4) is 11.9 Å². The van der Waals surface area contributed by atoms with Gasteiger partial charge in [0.2, 0.25) is 11.8 Å². The van der Waals surface area contributed by atoms with E-state index in [0.29, 0.717) is 30.8 Å². The van der Waals surface area contributed by atoms with Gasteiger partial charge in [0, 0.05) is 23.7 Å². The monoisotopic (exact) mass is 408 g/mol. The lowest BCUT2D eigenvalue weighted by molar-refractivity contribution is 0.285. The third-order valence-corrected chi connectivity index (χ3v) is 5.49. The van der Waals surface area contributed by atoms with Gasteiger partial charge in [0.25, 0.3) is 0 Å². The Labute approximate surface area is 172 Å². The SMILES string of the molecule is Cc1ccc([C@H]2C[C@@H]2COc2nc(N)nc(NCc3nnc(C)s3)c2C#N)nc1. The molecule has 0 aliphatic heterocycles. The smallest absolute Gasteiger partial charge is 0.238 e. The van der Waals surface area contributed by atoms with Crippen LogP contribution in [-0.4, -0.2) is 31.8 Å². The summed E-state index contributed by atoms with van der Waals surface area (Å²) >= 11 is 1.47. The zero-order chi connectivity index (χ0) is 20.4. The maximum absolute atomic E-state index is 9.60. The lowest BCUT2D eigenvalue weighted by Gasteiger charge is -2.11. The Kier molecular flexibility index (Phi) is 5.22. The molecule has 1 fully saturated rings. The summed E-state index contributed by atoms with van der Waals surface area (Å²) in [6, 6.07) is 6.23. The average Bonchev–Trinajstić information content (AvgIpc) is 3.36. The van der Waals surface area contributed by atoms with Crippen molar-refractivity contribution in [2.45, 2.75) is 32.7 Å². The van der Waals surface area contributed by atoms with Crippen molar-refractivity contribution < 1.29 is 4.74 Å². The molecule has 148 valence electrons. The maximum Gasteiger partial charge on any atom is 0.238 e. The normalized spacial score (nSPS) is 17.6. The van der Waals surface area contributed by atoms with E-state index in [0.717, 1.165) is 27.7 Å². The van der Waals surface area contributed by atoms with Crippen LogP contribution in [0.4, 0.5) is 11.8 Å². The van der Waals surface area contributed by atoms with Gasteiger partial charge in [-0.05, 0) is 31.9 Å². The second-order valence-corrected chi connectivity index (χ2v) is 8.23. The summed E-state index contributed by atoms with van der Waals surface area (Å²) in [7, 11) is 0. The van der Waals surface area contributed by atoms with Crippen LogP contribution in [0.5, 0.6) is 5.88 Å². The van der Waals surface area contributed by atoms with E-state index < -0.39 is 0 Å². The molecule has 0 radical (unpaired) electrons. The van der Waals surface area contributed by atoms with Gasteiger partial charge in [-0.25, -0.2) is 0 Å². The van der Waals surface area contributed by atoms with E-state index in [1.54, 1.807) is 0 Å². The molecule has 1 aliphatic rings. The first kappa shape index (κ1) is 19.0. The van der Waals surface area contributed by atoms with E-state index in [2.05, 4.69) is 48.7 Å². The number of nitriles is 1. The van der Waals surface area contributed by atoms with Gasteiger partial charge in [0.15, 0.2) is 11.4 Å². The number of nitrogens with zero attached hydrogens (tertiary/aromatic N) is 6. The molecular formula is C19H20N8OS. The van der Waals surface area contributed by atoms with Gasteiger partial charge in [0.05, 0.1) is 13.2 Å². The molecule has 0 bridgehead atoms. The highest BCUT2D eigenvalue weighted by Crippen LogP contribution is 2.46. The molecule has 3 heterocycles. The maximum atomic E-state index is 9.60. The number of aryl methyl sites for hydroxylation is 2. The summed E-state index contributed by atoms with van der Waals surface area (Å²) in [5.74, 6) is 1.28. The number of pyridine rings is 1. The van der Waals surface area contributed by atoms with Crippen LogP contribution in [-0.2, 0) is 6.54 Å². The molecule has 29 heavy (non-hydrogen) atoms. The minimum atomic E-state index is 0.0440. The summed E-state index contributed by atoms with van der Waals surface area (Å²) in [5, 5.41) is 22.4. The third kappa shape index (κ3) is 4.41. The highest BCUT2D eigenvalue weighted by atomic mass is 32.1. The van der Waals surface area contributed by atoms with E-state index in [1.165, 1.54) is 11.3 Å². The third-order valence-electron chi connectivity index (χ3n) is 4.65. The lowest BCUT2D eigenvalue weighted by atomic mass is 10.2. The number of nitrogen functional groups attached to an aromatic ring is 1. The number of nitrogens with one attached hydrogen (secondary N) is 1. The predicted molar refractivity (Wildman–Crippen MR) is 108 cm³/mol. The van der Waals surface area contributed by atoms with Crippen molar-refractivity contribution in [1.82, 2.24) is 25.1 Å². The van der Waals surface area contributed by atoms with E-state index in [-0.39, 0.29) is 17.4 Å². The fraction of sp³-hybridized carbons (Fsp3) is 0.368. The van der Waals surface area contributed by atoms with Crippen LogP contribution in [0.15, 0.2) is 18.3 Å². The quantitative estimate of drug-likeness (QED) is 0.604. The Bertz CT molecular complexity index is 1060. The second kappa shape index (κ2) is 7.97. The molecule has 0 unspecified atom stereocenters. The van der Waals surface area contributed by atoms with E-state index in [9.17, 15) is 5.26 Å². The molecule has 3 N–H and O–H groups in total. The number of anilines is 2. The molecule has 1 saturated carbocycles. The molecule has 0 saturated heterocycles. The molecule has 3 aromatic rings. The molecule has 4 rings (SSSR count). The minimum absolute atomic E-state index is 0.0440. The number of hydrogen-bond donors (Lipinski definition) is 2. The van der Waals surface area contributed by atoms with Crippen LogP contribution in [0.25, 0.3) is 0 Å². The summed E-state index contributed by atoms with van der Waals surface area (Å²) < 4.78 is 5.86.